The molecule has 0 bridgehead atoms. The number of aliphatic hydroxyl groups excluding tert-OH is 1. The van der Waals surface area contributed by atoms with Crippen molar-refractivity contribution in [2.45, 2.75) is 33.1 Å². The first kappa shape index (κ1) is 14.0. The molecule has 0 aliphatic heterocycles. The second-order valence-corrected chi connectivity index (χ2v) is 4.71. The molecule has 0 amide bonds. The molecule has 0 aliphatic rings. The minimum Gasteiger partial charge on any atom is -0.396 e. The van der Waals surface area contributed by atoms with Gasteiger partial charge in [0.1, 0.15) is 0 Å². The van der Waals surface area contributed by atoms with Crippen LogP contribution < -0.4 is 0 Å². The SMILES string of the molecule is CCCC[C@H](CO)[C@@H](C)/C=C/c1ccccc1. The normalized spacial score (nSPS) is 15.0. The summed E-state index contributed by atoms with van der Waals surface area (Å²) in [5, 5.41) is 9.39. The number of aliphatic hydroxyl groups is 1. The maximum Gasteiger partial charge on any atom is 0.0464 e. The summed E-state index contributed by atoms with van der Waals surface area (Å²) in [6.07, 6.45) is 7.89. The topological polar surface area (TPSA) is 20.2 Å². The summed E-state index contributed by atoms with van der Waals surface area (Å²) >= 11 is 0. The molecule has 1 N–H and O–H groups in total. The molecule has 0 fully saturated rings. The molecule has 0 heterocycles. The zero-order valence-corrected chi connectivity index (χ0v) is 11.0. The van der Waals surface area contributed by atoms with Crippen molar-refractivity contribution in [1.82, 2.24) is 0 Å². The van der Waals surface area contributed by atoms with Gasteiger partial charge in [-0.1, -0.05) is 69.2 Å². The number of rotatable bonds is 7. The second kappa shape index (κ2) is 8.08. The molecule has 0 spiro atoms. The molecule has 0 aliphatic carbocycles. The van der Waals surface area contributed by atoms with Gasteiger partial charge in [-0.2, -0.15) is 0 Å². The zero-order chi connectivity index (χ0) is 12.5. The van der Waals surface area contributed by atoms with Crippen molar-refractivity contribution in [2.24, 2.45) is 11.8 Å². The predicted octanol–water partition coefficient (Wildman–Crippen LogP) is 4.13. The quantitative estimate of drug-likeness (QED) is 0.749. The average molecular weight is 232 g/mol. The predicted molar refractivity (Wildman–Crippen MR) is 74.7 cm³/mol. The van der Waals surface area contributed by atoms with Gasteiger partial charge in [-0.05, 0) is 23.8 Å². The van der Waals surface area contributed by atoms with E-state index < -0.39 is 0 Å². The number of unbranched alkanes of at least 4 members (excludes halogenated alkanes) is 1. The first-order valence-electron chi connectivity index (χ1n) is 6.62. The summed E-state index contributed by atoms with van der Waals surface area (Å²) in [5.41, 5.74) is 1.23. The van der Waals surface area contributed by atoms with Crippen LogP contribution in [0.15, 0.2) is 36.4 Å². The average Bonchev–Trinajstić information content (AvgIpc) is 2.38. The minimum atomic E-state index is 0.292. The van der Waals surface area contributed by atoms with Crippen molar-refractivity contribution in [3.63, 3.8) is 0 Å². The van der Waals surface area contributed by atoms with Crippen molar-refractivity contribution < 1.29 is 5.11 Å². The number of hydrogen-bond donors (Lipinski definition) is 1. The van der Waals surface area contributed by atoms with Gasteiger partial charge in [0.05, 0.1) is 0 Å². The first-order valence-corrected chi connectivity index (χ1v) is 6.62. The summed E-state index contributed by atoms with van der Waals surface area (Å²) < 4.78 is 0. The highest BCUT2D eigenvalue weighted by Crippen LogP contribution is 2.20. The third kappa shape index (κ3) is 5.18. The molecule has 1 heteroatoms. The van der Waals surface area contributed by atoms with Crippen LogP contribution in [-0.2, 0) is 0 Å². The molecule has 17 heavy (non-hydrogen) atoms. The van der Waals surface area contributed by atoms with Crippen LogP contribution in [0, 0.1) is 11.8 Å². The van der Waals surface area contributed by atoms with Gasteiger partial charge in [0.2, 0.25) is 0 Å². The Labute approximate surface area is 105 Å². The van der Waals surface area contributed by atoms with Gasteiger partial charge in [-0.3, -0.25) is 0 Å². The molecule has 1 nitrogen and oxygen atoms in total. The summed E-state index contributed by atoms with van der Waals surface area (Å²) in [6, 6.07) is 10.3. The van der Waals surface area contributed by atoms with Crippen LogP contribution in [-0.4, -0.2) is 11.7 Å². The fourth-order valence-corrected chi connectivity index (χ4v) is 1.97. The summed E-state index contributed by atoms with van der Waals surface area (Å²) in [7, 11) is 0. The number of benzene rings is 1. The van der Waals surface area contributed by atoms with E-state index in [9.17, 15) is 5.11 Å². The molecule has 1 aromatic rings. The van der Waals surface area contributed by atoms with E-state index in [0.717, 1.165) is 6.42 Å². The van der Waals surface area contributed by atoms with Crippen LogP contribution in [0.4, 0.5) is 0 Å². The maximum absolute atomic E-state index is 9.39. The zero-order valence-electron chi connectivity index (χ0n) is 11.0. The van der Waals surface area contributed by atoms with Crippen molar-refractivity contribution in [3.05, 3.63) is 42.0 Å². The van der Waals surface area contributed by atoms with E-state index in [0.29, 0.717) is 18.4 Å². The van der Waals surface area contributed by atoms with E-state index in [1.54, 1.807) is 0 Å². The van der Waals surface area contributed by atoms with E-state index in [4.69, 9.17) is 0 Å². The highest BCUT2D eigenvalue weighted by Gasteiger charge is 2.12. The highest BCUT2D eigenvalue weighted by atomic mass is 16.3. The third-order valence-corrected chi connectivity index (χ3v) is 3.30. The smallest absolute Gasteiger partial charge is 0.0464 e. The Morgan fingerprint density at radius 1 is 1.24 bits per heavy atom. The summed E-state index contributed by atoms with van der Waals surface area (Å²) in [4.78, 5) is 0. The molecule has 94 valence electrons. The number of hydrogen-bond acceptors (Lipinski definition) is 1. The fraction of sp³-hybridized carbons (Fsp3) is 0.500. The fourth-order valence-electron chi connectivity index (χ4n) is 1.97. The van der Waals surface area contributed by atoms with Crippen LogP contribution in [0.1, 0.15) is 38.7 Å². The molecule has 0 aromatic heterocycles. The Morgan fingerprint density at radius 3 is 2.53 bits per heavy atom. The van der Waals surface area contributed by atoms with Crippen molar-refractivity contribution in [1.29, 1.82) is 0 Å². The lowest BCUT2D eigenvalue weighted by Crippen LogP contribution is -2.14. The molecule has 0 saturated carbocycles. The van der Waals surface area contributed by atoms with Gasteiger partial charge in [0, 0.05) is 6.61 Å². The molecule has 0 unspecified atom stereocenters. The van der Waals surface area contributed by atoms with Gasteiger partial charge in [0.15, 0.2) is 0 Å². The van der Waals surface area contributed by atoms with Crippen molar-refractivity contribution >= 4 is 6.08 Å². The van der Waals surface area contributed by atoms with Gasteiger partial charge >= 0.3 is 0 Å². The third-order valence-electron chi connectivity index (χ3n) is 3.30. The van der Waals surface area contributed by atoms with Crippen molar-refractivity contribution in [3.8, 4) is 0 Å². The lowest BCUT2D eigenvalue weighted by molar-refractivity contribution is 0.189. The Bertz CT molecular complexity index is 316. The number of allylic oxidation sites excluding steroid dienone is 1. The van der Waals surface area contributed by atoms with Crippen LogP contribution in [0.3, 0.4) is 0 Å². The van der Waals surface area contributed by atoms with E-state index in [1.807, 2.05) is 18.2 Å². The van der Waals surface area contributed by atoms with Gasteiger partial charge in [-0.25, -0.2) is 0 Å². The Kier molecular flexibility index (Phi) is 6.64. The standard InChI is InChI=1S/C16H24O/c1-3-4-10-16(13-17)14(2)11-12-15-8-6-5-7-9-15/h5-9,11-12,14,16-17H,3-4,10,13H2,1-2H3/b12-11+/t14-,16+/m0/s1. The highest BCUT2D eigenvalue weighted by molar-refractivity contribution is 5.48. The van der Waals surface area contributed by atoms with Gasteiger partial charge in [0.25, 0.3) is 0 Å². The van der Waals surface area contributed by atoms with E-state index in [-0.39, 0.29) is 0 Å². The monoisotopic (exact) mass is 232 g/mol. The van der Waals surface area contributed by atoms with E-state index in [1.165, 1.54) is 18.4 Å². The molecular formula is C16H24O. The molecule has 2 atom stereocenters. The lowest BCUT2D eigenvalue weighted by atomic mass is 9.89. The van der Waals surface area contributed by atoms with E-state index in [2.05, 4.69) is 38.1 Å². The molecule has 0 saturated heterocycles. The van der Waals surface area contributed by atoms with Crippen LogP contribution >= 0.6 is 0 Å². The lowest BCUT2D eigenvalue weighted by Gasteiger charge is -2.18. The Hall–Kier alpha value is -1.08. The summed E-state index contributed by atoms with van der Waals surface area (Å²) in [6.45, 7) is 4.68. The molecule has 1 aromatic carbocycles. The summed E-state index contributed by atoms with van der Waals surface area (Å²) in [5.74, 6) is 0.835. The van der Waals surface area contributed by atoms with Gasteiger partial charge in [-0.15, -0.1) is 0 Å². The second-order valence-electron chi connectivity index (χ2n) is 4.71. The molecular weight excluding hydrogens is 208 g/mol. The Morgan fingerprint density at radius 2 is 1.94 bits per heavy atom. The largest absolute Gasteiger partial charge is 0.396 e. The van der Waals surface area contributed by atoms with E-state index >= 15 is 0 Å². The first-order chi connectivity index (χ1) is 8.27. The molecule has 1 rings (SSSR count). The minimum absolute atomic E-state index is 0.292. The van der Waals surface area contributed by atoms with Crippen LogP contribution in [0.5, 0.6) is 0 Å². The maximum atomic E-state index is 9.39. The van der Waals surface area contributed by atoms with Gasteiger partial charge < -0.3 is 5.11 Å². The van der Waals surface area contributed by atoms with Crippen molar-refractivity contribution in [2.75, 3.05) is 6.61 Å². The Balaban J connectivity index is 2.51. The van der Waals surface area contributed by atoms with Crippen LogP contribution in [0.2, 0.25) is 0 Å². The molecule has 0 radical (unpaired) electrons. The van der Waals surface area contributed by atoms with Crippen LogP contribution in [0.25, 0.3) is 6.08 Å².